The highest BCUT2D eigenvalue weighted by atomic mass is 16.9. The molecule has 92 valence electrons. The van der Waals surface area contributed by atoms with Crippen LogP contribution in [-0.4, -0.2) is 48.4 Å². The molecule has 0 aliphatic heterocycles. The van der Waals surface area contributed by atoms with E-state index in [4.69, 9.17) is 19.9 Å². The van der Waals surface area contributed by atoms with E-state index in [1.54, 1.807) is 0 Å². The normalized spacial score (nSPS) is 11.2. The average molecular weight is 221 g/mol. The summed E-state index contributed by atoms with van der Waals surface area (Å²) >= 11 is 0. The number of hydrogen-bond donors (Lipinski definition) is 2. The van der Waals surface area contributed by atoms with Crippen molar-refractivity contribution in [3.63, 3.8) is 0 Å². The molecule has 0 bridgehead atoms. The van der Waals surface area contributed by atoms with Crippen molar-refractivity contribution >= 4 is 0 Å². The van der Waals surface area contributed by atoms with Crippen LogP contribution in [0.2, 0.25) is 0 Å². The van der Waals surface area contributed by atoms with Crippen LogP contribution in [0.15, 0.2) is 0 Å². The van der Waals surface area contributed by atoms with Crippen LogP contribution in [0.5, 0.6) is 0 Å². The van der Waals surface area contributed by atoms with Gasteiger partial charge in [-0.15, -0.1) is 0 Å². The molecule has 2 N–H and O–H groups in total. The second-order valence-corrected chi connectivity index (χ2v) is 3.23. The highest BCUT2D eigenvalue weighted by Gasteiger charge is 2.04. The van der Waals surface area contributed by atoms with E-state index in [0.717, 1.165) is 12.8 Å². The maximum atomic E-state index is 8.59. The lowest BCUT2D eigenvalue weighted by molar-refractivity contribution is -0.371. The quantitative estimate of drug-likeness (QED) is 0.397. The first kappa shape index (κ1) is 14.8. The van der Waals surface area contributed by atoms with Crippen molar-refractivity contribution in [1.29, 1.82) is 0 Å². The van der Waals surface area contributed by atoms with Gasteiger partial charge in [-0.05, 0) is 6.42 Å². The largest absolute Gasteiger partial charge is 0.394 e. The van der Waals surface area contributed by atoms with E-state index in [0.29, 0.717) is 6.54 Å². The van der Waals surface area contributed by atoms with Gasteiger partial charge in [0.15, 0.2) is 0 Å². The summed E-state index contributed by atoms with van der Waals surface area (Å²) in [6.45, 7) is 3.20. The van der Waals surface area contributed by atoms with Gasteiger partial charge in [0.05, 0.1) is 33.0 Å². The van der Waals surface area contributed by atoms with E-state index in [1.807, 2.05) is 0 Å². The van der Waals surface area contributed by atoms with E-state index in [9.17, 15) is 0 Å². The van der Waals surface area contributed by atoms with Crippen LogP contribution in [0.1, 0.15) is 32.6 Å². The zero-order valence-corrected chi connectivity index (χ0v) is 9.52. The van der Waals surface area contributed by atoms with Gasteiger partial charge >= 0.3 is 0 Å². The molecule has 0 aliphatic rings. The molecule has 0 fully saturated rings. The minimum absolute atomic E-state index is 0.0338. The molecule has 0 spiro atoms. The lowest BCUT2D eigenvalue weighted by Crippen LogP contribution is -2.28. The highest BCUT2D eigenvalue weighted by Crippen LogP contribution is 2.02. The summed E-state index contributed by atoms with van der Waals surface area (Å²) in [6, 6.07) is 0. The van der Waals surface area contributed by atoms with E-state index < -0.39 is 0 Å². The fourth-order valence-electron chi connectivity index (χ4n) is 1.12. The van der Waals surface area contributed by atoms with Crippen molar-refractivity contribution in [3.05, 3.63) is 0 Å². The Bertz CT molecular complexity index is 116. The summed E-state index contributed by atoms with van der Waals surface area (Å²) in [5, 5.41) is 18.5. The van der Waals surface area contributed by atoms with Crippen LogP contribution in [-0.2, 0) is 9.68 Å². The van der Waals surface area contributed by atoms with Crippen LogP contribution in [0.4, 0.5) is 0 Å². The third-order valence-electron chi connectivity index (χ3n) is 1.85. The van der Waals surface area contributed by atoms with Crippen LogP contribution >= 0.6 is 0 Å². The fraction of sp³-hybridized carbons (Fsp3) is 1.00. The summed E-state index contributed by atoms with van der Waals surface area (Å²) in [7, 11) is 0. The minimum Gasteiger partial charge on any atom is -0.394 e. The number of rotatable bonds is 11. The summed E-state index contributed by atoms with van der Waals surface area (Å²) in [6.07, 6.45) is 4.52. The Hall–Kier alpha value is -0.200. The van der Waals surface area contributed by atoms with Crippen LogP contribution in [0.25, 0.3) is 0 Å². The topological polar surface area (TPSA) is 62.2 Å². The van der Waals surface area contributed by atoms with Gasteiger partial charge in [-0.25, -0.2) is 0 Å². The number of hydroxylamine groups is 2. The molecule has 5 nitrogen and oxygen atoms in total. The van der Waals surface area contributed by atoms with Gasteiger partial charge in [0, 0.05) is 0 Å². The van der Waals surface area contributed by atoms with Crippen molar-refractivity contribution in [2.45, 2.75) is 32.6 Å². The molecule has 0 aromatic heterocycles. The lowest BCUT2D eigenvalue weighted by atomic mass is 10.2. The van der Waals surface area contributed by atoms with Gasteiger partial charge in [-0.3, -0.25) is 9.68 Å². The molecule has 0 aliphatic carbocycles. The molecule has 0 rings (SSSR count). The number of hydrogen-bond acceptors (Lipinski definition) is 5. The Balaban J connectivity index is 3.49. The van der Waals surface area contributed by atoms with Gasteiger partial charge in [0.25, 0.3) is 0 Å². The van der Waals surface area contributed by atoms with Crippen LogP contribution < -0.4 is 0 Å². The molecule has 0 saturated carbocycles. The van der Waals surface area contributed by atoms with Crippen LogP contribution in [0, 0.1) is 0 Å². The Morgan fingerprint density at radius 2 is 1.53 bits per heavy atom. The summed E-state index contributed by atoms with van der Waals surface area (Å²) in [5.74, 6) is 0. The monoisotopic (exact) mass is 221 g/mol. The maximum Gasteiger partial charge on any atom is 0.0942 e. The average Bonchev–Trinajstić information content (AvgIpc) is 2.27. The molecule has 0 aromatic rings. The minimum atomic E-state index is -0.0338. The first-order chi connectivity index (χ1) is 7.35. The Morgan fingerprint density at radius 3 is 2.00 bits per heavy atom. The molecule has 15 heavy (non-hydrogen) atoms. The zero-order valence-electron chi connectivity index (χ0n) is 9.52. The first-order valence-corrected chi connectivity index (χ1v) is 5.60. The first-order valence-electron chi connectivity index (χ1n) is 5.60. The van der Waals surface area contributed by atoms with Gasteiger partial charge < -0.3 is 10.2 Å². The molecular formula is C10H23NO4. The molecule has 0 heterocycles. The van der Waals surface area contributed by atoms with Gasteiger partial charge in [-0.2, -0.15) is 0 Å². The van der Waals surface area contributed by atoms with Gasteiger partial charge in [0.1, 0.15) is 0 Å². The predicted molar refractivity (Wildman–Crippen MR) is 56.9 cm³/mol. The maximum absolute atomic E-state index is 8.59. The van der Waals surface area contributed by atoms with E-state index >= 15 is 0 Å². The lowest BCUT2D eigenvalue weighted by Gasteiger charge is -2.19. The highest BCUT2D eigenvalue weighted by molar-refractivity contribution is 4.41. The number of aliphatic hydroxyl groups excluding tert-OH is 2. The van der Waals surface area contributed by atoms with E-state index in [1.165, 1.54) is 18.1 Å². The van der Waals surface area contributed by atoms with Crippen molar-refractivity contribution < 1.29 is 19.9 Å². The predicted octanol–water partition coefficient (Wildman–Crippen LogP) is 0.716. The van der Waals surface area contributed by atoms with Gasteiger partial charge in [0.2, 0.25) is 0 Å². The molecule has 0 unspecified atom stereocenters. The molecule has 0 aromatic carbocycles. The van der Waals surface area contributed by atoms with Crippen molar-refractivity contribution in [1.82, 2.24) is 5.23 Å². The van der Waals surface area contributed by atoms with Crippen molar-refractivity contribution in [2.75, 3.05) is 33.0 Å². The number of unbranched alkanes of at least 4 members (excludes halogenated alkanes) is 3. The van der Waals surface area contributed by atoms with Crippen LogP contribution in [0.3, 0.4) is 0 Å². The van der Waals surface area contributed by atoms with Crippen molar-refractivity contribution in [2.24, 2.45) is 0 Å². The zero-order chi connectivity index (χ0) is 11.4. The van der Waals surface area contributed by atoms with E-state index in [2.05, 4.69) is 6.92 Å². The van der Waals surface area contributed by atoms with E-state index in [-0.39, 0.29) is 26.4 Å². The molecule has 0 saturated heterocycles. The molecule has 0 amide bonds. The van der Waals surface area contributed by atoms with Gasteiger partial charge in [-0.1, -0.05) is 31.4 Å². The third kappa shape index (κ3) is 10.1. The standard InChI is InChI=1S/C10H23NO4/c1-2-3-4-5-6-11(14-9-7-12)15-10-8-13/h12-13H,2-10H2,1H3. The SMILES string of the molecule is CCCCCCN(OCCO)OCCO. The third-order valence-corrected chi connectivity index (χ3v) is 1.85. The Morgan fingerprint density at radius 1 is 0.933 bits per heavy atom. The number of aliphatic hydroxyl groups is 2. The Kier molecular flexibility index (Phi) is 11.7. The molecule has 5 heteroatoms. The second kappa shape index (κ2) is 11.9. The number of nitrogens with zero attached hydrogens (tertiary/aromatic N) is 1. The summed E-state index contributed by atoms with van der Waals surface area (Å²) < 4.78 is 0. The molecule has 0 radical (unpaired) electrons. The summed E-state index contributed by atoms with van der Waals surface area (Å²) in [4.78, 5) is 10.2. The van der Waals surface area contributed by atoms with Crippen molar-refractivity contribution in [3.8, 4) is 0 Å². The summed E-state index contributed by atoms with van der Waals surface area (Å²) in [5.41, 5.74) is 0. The second-order valence-electron chi connectivity index (χ2n) is 3.23. The molecule has 0 atom stereocenters. The molecular weight excluding hydrogens is 198 g/mol. The fourth-order valence-corrected chi connectivity index (χ4v) is 1.12. The Labute approximate surface area is 91.5 Å². The smallest absolute Gasteiger partial charge is 0.0942 e.